The average molecular weight is 268 g/mol. The summed E-state index contributed by atoms with van der Waals surface area (Å²) in [5, 5.41) is 3.66. The van der Waals surface area contributed by atoms with Crippen LogP contribution in [-0.4, -0.2) is 31.1 Å². The third kappa shape index (κ3) is 2.76. The summed E-state index contributed by atoms with van der Waals surface area (Å²) in [4.78, 5) is 14.1. The van der Waals surface area contributed by atoms with Crippen LogP contribution < -0.4 is 16.0 Å². The van der Waals surface area contributed by atoms with E-state index in [1.54, 1.807) is 0 Å². The van der Waals surface area contributed by atoms with Crippen LogP contribution in [0.25, 0.3) is 0 Å². The van der Waals surface area contributed by atoms with Crippen LogP contribution in [-0.2, 0) is 4.79 Å². The first-order chi connectivity index (χ1) is 8.61. The second-order valence-corrected chi connectivity index (χ2v) is 5.06. The lowest BCUT2D eigenvalue weighted by Gasteiger charge is -2.29. The van der Waals surface area contributed by atoms with E-state index < -0.39 is 0 Å². The third-order valence-electron chi connectivity index (χ3n) is 3.25. The number of carbonyl (C=O) groups excluding carboxylic acids is 1. The van der Waals surface area contributed by atoms with E-state index in [-0.39, 0.29) is 18.0 Å². The Bertz CT molecular complexity index is 421. The summed E-state index contributed by atoms with van der Waals surface area (Å²) < 4.78 is 0. The maximum atomic E-state index is 12.0. The Morgan fingerprint density at radius 2 is 2.11 bits per heavy atom. The monoisotopic (exact) mass is 267 g/mol. The molecule has 2 rings (SSSR count). The predicted molar refractivity (Wildman–Crippen MR) is 73.9 cm³/mol. The summed E-state index contributed by atoms with van der Waals surface area (Å²) in [5.74, 6) is -0.00236. The highest BCUT2D eigenvalue weighted by Crippen LogP contribution is 2.22. The Labute approximate surface area is 112 Å². The molecule has 4 nitrogen and oxygen atoms in total. The van der Waals surface area contributed by atoms with Crippen molar-refractivity contribution < 1.29 is 4.79 Å². The lowest BCUT2D eigenvalue weighted by molar-refractivity contribution is -0.122. The molecule has 1 aromatic rings. The van der Waals surface area contributed by atoms with Gasteiger partial charge in [0.25, 0.3) is 0 Å². The molecule has 3 N–H and O–H groups in total. The zero-order chi connectivity index (χ0) is 13.1. The fraction of sp³-hybridized carbons (Fsp3) is 0.462. The predicted octanol–water partition coefficient (Wildman–Crippen LogP) is 1.38. The van der Waals surface area contributed by atoms with E-state index in [9.17, 15) is 4.79 Å². The fourth-order valence-corrected chi connectivity index (χ4v) is 2.34. The number of nitrogens with one attached hydrogen (secondary N) is 1. The van der Waals surface area contributed by atoms with Crippen LogP contribution in [0.4, 0.5) is 5.69 Å². The molecule has 0 bridgehead atoms. The van der Waals surface area contributed by atoms with E-state index in [4.69, 9.17) is 17.3 Å². The van der Waals surface area contributed by atoms with Gasteiger partial charge in [-0.25, -0.2) is 0 Å². The van der Waals surface area contributed by atoms with E-state index in [0.717, 1.165) is 18.7 Å². The minimum absolute atomic E-state index is 0.00236. The summed E-state index contributed by atoms with van der Waals surface area (Å²) in [6.45, 7) is 3.13. The van der Waals surface area contributed by atoms with E-state index in [1.165, 1.54) is 0 Å². The second-order valence-electron chi connectivity index (χ2n) is 4.62. The Balaban J connectivity index is 2.27. The standard InChI is InChI=1S/C13H18ClN3O/c1-9-6-7-17(12(8-15)13(18)16-9)11-4-2-10(14)3-5-11/h2-5,9,12H,6-8,15H2,1H3,(H,16,18). The van der Waals surface area contributed by atoms with Crippen molar-refractivity contribution in [2.24, 2.45) is 5.73 Å². The first kappa shape index (κ1) is 13.2. The lowest BCUT2D eigenvalue weighted by atomic mass is 10.2. The molecular formula is C13H18ClN3O. The van der Waals surface area contributed by atoms with Gasteiger partial charge in [-0.1, -0.05) is 11.6 Å². The minimum atomic E-state index is -0.309. The number of hydrogen-bond donors (Lipinski definition) is 2. The highest BCUT2D eigenvalue weighted by atomic mass is 35.5. The minimum Gasteiger partial charge on any atom is -0.358 e. The number of carbonyl (C=O) groups is 1. The Morgan fingerprint density at radius 1 is 1.44 bits per heavy atom. The van der Waals surface area contributed by atoms with Crippen LogP contribution in [0.1, 0.15) is 13.3 Å². The van der Waals surface area contributed by atoms with Gasteiger partial charge in [0, 0.05) is 29.8 Å². The van der Waals surface area contributed by atoms with Crippen LogP contribution in [0.15, 0.2) is 24.3 Å². The third-order valence-corrected chi connectivity index (χ3v) is 3.50. The molecule has 1 heterocycles. The summed E-state index contributed by atoms with van der Waals surface area (Å²) in [6.07, 6.45) is 0.908. The smallest absolute Gasteiger partial charge is 0.244 e. The SMILES string of the molecule is CC1CCN(c2ccc(Cl)cc2)C(CN)C(=O)N1. The molecule has 1 aromatic carbocycles. The van der Waals surface area contributed by atoms with Gasteiger partial charge in [0.05, 0.1) is 0 Å². The van der Waals surface area contributed by atoms with Crippen LogP contribution >= 0.6 is 11.6 Å². The Morgan fingerprint density at radius 3 is 2.72 bits per heavy atom. The quantitative estimate of drug-likeness (QED) is 0.851. The van der Waals surface area contributed by atoms with Crippen molar-refractivity contribution in [3.05, 3.63) is 29.3 Å². The summed E-state index contributed by atoms with van der Waals surface area (Å²) in [6, 6.07) is 7.38. The summed E-state index contributed by atoms with van der Waals surface area (Å²) in [7, 11) is 0. The molecule has 1 saturated heterocycles. The molecule has 1 aliphatic heterocycles. The lowest BCUT2D eigenvalue weighted by Crippen LogP contribution is -2.49. The van der Waals surface area contributed by atoms with Crippen molar-refractivity contribution in [2.75, 3.05) is 18.0 Å². The van der Waals surface area contributed by atoms with Crippen LogP contribution in [0.3, 0.4) is 0 Å². The summed E-state index contributed by atoms with van der Waals surface area (Å²) in [5.41, 5.74) is 6.72. The maximum absolute atomic E-state index is 12.0. The van der Waals surface area contributed by atoms with Crippen molar-refractivity contribution in [1.29, 1.82) is 0 Å². The molecule has 5 heteroatoms. The topological polar surface area (TPSA) is 58.4 Å². The van der Waals surface area contributed by atoms with E-state index in [0.29, 0.717) is 11.6 Å². The number of nitrogens with two attached hydrogens (primary N) is 1. The largest absolute Gasteiger partial charge is 0.358 e. The molecule has 0 aromatic heterocycles. The first-order valence-corrected chi connectivity index (χ1v) is 6.52. The number of benzene rings is 1. The normalized spacial score (nSPS) is 24.6. The van der Waals surface area contributed by atoms with Crippen molar-refractivity contribution in [1.82, 2.24) is 5.32 Å². The van der Waals surface area contributed by atoms with Gasteiger partial charge in [-0.15, -0.1) is 0 Å². The molecule has 1 amide bonds. The van der Waals surface area contributed by atoms with Crippen LogP contribution in [0, 0.1) is 0 Å². The molecule has 1 fully saturated rings. The van der Waals surface area contributed by atoms with Gasteiger partial charge >= 0.3 is 0 Å². The second kappa shape index (κ2) is 5.59. The Hall–Kier alpha value is -1.26. The molecule has 0 radical (unpaired) electrons. The number of hydrogen-bond acceptors (Lipinski definition) is 3. The molecule has 0 spiro atoms. The Kier molecular flexibility index (Phi) is 4.09. The van der Waals surface area contributed by atoms with E-state index >= 15 is 0 Å². The highest BCUT2D eigenvalue weighted by Gasteiger charge is 2.29. The molecule has 1 aliphatic rings. The van der Waals surface area contributed by atoms with Gasteiger partial charge in [-0.2, -0.15) is 0 Å². The highest BCUT2D eigenvalue weighted by molar-refractivity contribution is 6.30. The van der Waals surface area contributed by atoms with Crippen LogP contribution in [0.5, 0.6) is 0 Å². The number of halogens is 1. The van der Waals surface area contributed by atoms with Crippen molar-refractivity contribution in [3.63, 3.8) is 0 Å². The molecule has 0 aliphatic carbocycles. The molecule has 2 unspecified atom stereocenters. The van der Waals surface area contributed by atoms with Gasteiger partial charge in [0.15, 0.2) is 0 Å². The van der Waals surface area contributed by atoms with Gasteiger partial charge in [-0.3, -0.25) is 4.79 Å². The average Bonchev–Trinajstić information content (AvgIpc) is 2.48. The van der Waals surface area contributed by atoms with E-state index in [1.807, 2.05) is 31.2 Å². The van der Waals surface area contributed by atoms with Gasteiger partial charge in [0.1, 0.15) is 6.04 Å². The van der Waals surface area contributed by atoms with Gasteiger partial charge in [0.2, 0.25) is 5.91 Å². The zero-order valence-corrected chi connectivity index (χ0v) is 11.2. The number of anilines is 1. The fourth-order valence-electron chi connectivity index (χ4n) is 2.22. The first-order valence-electron chi connectivity index (χ1n) is 6.14. The van der Waals surface area contributed by atoms with Crippen LogP contribution in [0.2, 0.25) is 5.02 Å². The molecular weight excluding hydrogens is 250 g/mol. The number of nitrogens with zero attached hydrogens (tertiary/aromatic N) is 1. The van der Waals surface area contributed by atoms with Gasteiger partial charge in [-0.05, 0) is 37.6 Å². The summed E-state index contributed by atoms with van der Waals surface area (Å²) >= 11 is 5.88. The zero-order valence-electron chi connectivity index (χ0n) is 10.4. The number of rotatable bonds is 2. The number of amides is 1. The van der Waals surface area contributed by atoms with Gasteiger partial charge < -0.3 is 16.0 Å². The molecule has 0 saturated carbocycles. The molecule has 2 atom stereocenters. The van der Waals surface area contributed by atoms with Crippen molar-refractivity contribution >= 4 is 23.2 Å². The van der Waals surface area contributed by atoms with Crippen molar-refractivity contribution in [2.45, 2.75) is 25.4 Å². The molecule has 18 heavy (non-hydrogen) atoms. The van der Waals surface area contributed by atoms with Crippen molar-refractivity contribution in [3.8, 4) is 0 Å². The van der Waals surface area contributed by atoms with E-state index in [2.05, 4.69) is 10.2 Å². The molecule has 98 valence electrons. The maximum Gasteiger partial charge on any atom is 0.244 e.